The molecule has 1 saturated heterocycles. The molecule has 0 spiro atoms. The molecule has 27 heteroatoms. The molecule has 1 rings (SSSR count). The molecule has 0 bridgehead atoms. The van der Waals surface area contributed by atoms with E-state index < -0.39 is 89.3 Å². The lowest BCUT2D eigenvalue weighted by molar-refractivity contribution is -0.894. The fraction of sp³-hybridized carbons (Fsp3) is 1.00. The first kappa shape index (κ1) is 38.3. The molecule has 1 fully saturated rings. The number of ether oxygens (including phenoxy) is 1. The molecule has 0 amide bonds. The molecule has 1 aliphatic heterocycles. The van der Waals surface area contributed by atoms with Gasteiger partial charge >= 0.3 is 0 Å². The van der Waals surface area contributed by atoms with Gasteiger partial charge in [-0.2, -0.15) is 0 Å². The van der Waals surface area contributed by atoms with Crippen LogP contribution in [-0.4, -0.2) is 122 Å². The van der Waals surface area contributed by atoms with Crippen LogP contribution in [0.3, 0.4) is 0 Å². The van der Waals surface area contributed by atoms with E-state index >= 15 is 0 Å². The van der Waals surface area contributed by atoms with Crippen LogP contribution >= 0.6 is 0 Å². The van der Waals surface area contributed by atoms with Crippen LogP contribution in [-0.2, 0) is 77.6 Å². The van der Waals surface area contributed by atoms with Gasteiger partial charge < -0.3 is 32.4 Å². The second-order valence-electron chi connectivity index (χ2n) is 6.96. The Morgan fingerprint density at radius 3 is 1.23 bits per heavy atom. The van der Waals surface area contributed by atoms with Gasteiger partial charge in [0.1, 0.15) is 18.3 Å². The Bertz CT molecular complexity index is 1300. The zero-order chi connectivity index (χ0) is 31.0. The molecule has 5 atom stereocenters. The normalized spacial score (nSPS) is 25.2. The zero-order valence-electron chi connectivity index (χ0n) is 19.8. The fourth-order valence-electron chi connectivity index (χ4n) is 2.84. The Balaban J connectivity index is 0.00000181. The quantitative estimate of drug-likeness (QED) is 0.132. The highest BCUT2D eigenvalue weighted by Crippen LogP contribution is 2.32. The van der Waals surface area contributed by atoms with Crippen LogP contribution in [0.4, 0.5) is 0 Å². The molecule has 0 aromatic heterocycles. The summed E-state index contributed by atoms with van der Waals surface area (Å²) in [5.74, 6) is 0. The summed E-state index contributed by atoms with van der Waals surface area (Å²) >= 11 is 0. The van der Waals surface area contributed by atoms with Crippen LogP contribution in [0.15, 0.2) is 0 Å². The van der Waals surface area contributed by atoms with Gasteiger partial charge in [-0.25, -0.2) is 46.3 Å². The average Bonchev–Trinajstić information content (AvgIpc) is 2.68. The highest BCUT2D eigenvalue weighted by Gasteiger charge is 2.53. The third kappa shape index (κ3) is 17.6. The Morgan fingerprint density at radius 1 is 0.564 bits per heavy atom. The number of quaternary nitrogens is 1. The summed E-state index contributed by atoms with van der Waals surface area (Å²) in [5, 5.41) is 0. The lowest BCUT2D eigenvalue weighted by Crippen LogP contribution is -3.11. The molecule has 0 aliphatic carbocycles. The van der Waals surface area contributed by atoms with E-state index in [2.05, 4.69) is 46.4 Å². The molecule has 1 aliphatic rings. The van der Waals surface area contributed by atoms with E-state index in [0.717, 1.165) is 0 Å². The van der Waals surface area contributed by atoms with E-state index in [1.54, 1.807) is 4.90 Å². The maximum atomic E-state index is 11.0. The van der Waals surface area contributed by atoms with Gasteiger partial charge in [-0.05, 0) is 20.8 Å². The molecular weight excluding hydrogens is 654 g/mol. The maximum Gasteiger partial charge on any atom is 0.220 e. The van der Waals surface area contributed by atoms with E-state index in [4.69, 9.17) is 0 Å². The molecule has 22 nitrogen and oxygen atoms in total. The van der Waals surface area contributed by atoms with Crippen LogP contribution in [0, 0.1) is 0 Å². The van der Waals surface area contributed by atoms with Gasteiger partial charge in [0, 0.05) is 0 Å². The molecule has 0 saturated carbocycles. The standard InChI is InChI=1S/C6H15N.C6H12O21S5/c1-4-7(5-2)6-3;7-28(8,9)22-1-2-3(24-29(10,11)12)4(25-30(13,14)15)5(26-31(16,17)18)6(23-2)27-32(19,20)21/h4-6H2,1-3H3;2-6H,1H2,(H,7,8,9)(H,10,11,12)(H,13,14,15)(H,16,17,18)(H,19,20,21)/p-4/t;2-,3-,4+,5-,6?/m.1/s1. The van der Waals surface area contributed by atoms with Gasteiger partial charge in [0.2, 0.25) is 58.3 Å². The maximum absolute atomic E-state index is 11.0. The number of hydrogen-bond acceptors (Lipinski definition) is 21. The summed E-state index contributed by atoms with van der Waals surface area (Å²) in [6.45, 7) is 8.72. The van der Waals surface area contributed by atoms with E-state index in [1.807, 2.05) is 0 Å². The summed E-state index contributed by atoms with van der Waals surface area (Å²) in [4.78, 5) is 1.68. The Morgan fingerprint density at radius 2 is 0.923 bits per heavy atom. The fourth-order valence-corrected chi connectivity index (χ4v) is 5.00. The molecule has 1 unspecified atom stereocenters. The van der Waals surface area contributed by atoms with Gasteiger partial charge in [0.25, 0.3) is 0 Å². The molecule has 0 aromatic rings. The number of rotatable bonds is 14. The summed E-state index contributed by atoms with van der Waals surface area (Å²) in [6, 6.07) is 0. The van der Waals surface area contributed by atoms with Crippen LogP contribution < -0.4 is 4.90 Å². The number of nitrogens with one attached hydrogen (secondary N) is 1. The minimum absolute atomic E-state index is 1.27. The van der Waals surface area contributed by atoms with Crippen molar-refractivity contribution in [2.24, 2.45) is 0 Å². The minimum atomic E-state index is -6.10. The summed E-state index contributed by atoms with van der Waals surface area (Å²) < 4.78 is 185. The SMILES string of the molecule is CC[NH+](CC)CC.O=S(=O)([O-])OC[C@H]1OC(OS(=O)(=O)[O-])[C@H](OS(=O)(=O)[O-])[C@@H](OS(=O)(=O)[O-])[C@@H]1OS(=O)(=O)[O-]. The molecule has 0 radical (unpaired) electrons. The predicted molar refractivity (Wildman–Crippen MR) is 111 cm³/mol. The third-order valence-electron chi connectivity index (χ3n) is 4.37. The van der Waals surface area contributed by atoms with Crippen LogP contribution in [0.5, 0.6) is 0 Å². The van der Waals surface area contributed by atoms with Crippen molar-refractivity contribution in [3.8, 4) is 0 Å². The van der Waals surface area contributed by atoms with Gasteiger partial charge in [-0.15, -0.1) is 0 Å². The smallest absolute Gasteiger partial charge is 0.220 e. The van der Waals surface area contributed by atoms with Crippen molar-refractivity contribution in [2.45, 2.75) is 51.5 Å². The van der Waals surface area contributed by atoms with Crippen molar-refractivity contribution in [1.82, 2.24) is 0 Å². The van der Waals surface area contributed by atoms with Gasteiger partial charge in [-0.3, -0.25) is 16.7 Å². The van der Waals surface area contributed by atoms with E-state index in [-0.39, 0.29) is 0 Å². The Kier molecular flexibility index (Phi) is 14.7. The van der Waals surface area contributed by atoms with Gasteiger partial charge in [0.15, 0.2) is 6.10 Å². The van der Waals surface area contributed by atoms with Crippen LogP contribution in [0.2, 0.25) is 0 Å². The van der Waals surface area contributed by atoms with E-state index in [1.165, 1.54) is 19.6 Å². The summed E-state index contributed by atoms with van der Waals surface area (Å²) in [7, 11) is -29.8. The van der Waals surface area contributed by atoms with Crippen LogP contribution in [0.1, 0.15) is 20.8 Å². The lowest BCUT2D eigenvalue weighted by atomic mass is 9.99. The monoisotopic (exact) mass is 677 g/mol. The lowest BCUT2D eigenvalue weighted by Gasteiger charge is -2.44. The van der Waals surface area contributed by atoms with Gasteiger partial charge in [0.05, 0.1) is 26.2 Å². The second-order valence-corrected chi connectivity index (χ2v) is 12.0. The van der Waals surface area contributed by atoms with E-state index in [9.17, 15) is 64.9 Å². The van der Waals surface area contributed by atoms with Gasteiger partial charge in [-0.1, -0.05) is 0 Å². The Labute approximate surface area is 224 Å². The minimum Gasteiger partial charge on any atom is -0.726 e. The molecule has 1 heterocycles. The molecular formula is C12H23NO21S5-4. The predicted octanol–water partition coefficient (Wildman–Crippen LogP) is -5.87. The van der Waals surface area contributed by atoms with E-state index in [0.29, 0.717) is 0 Å². The van der Waals surface area contributed by atoms with Crippen LogP contribution in [0.25, 0.3) is 0 Å². The highest BCUT2D eigenvalue weighted by atomic mass is 32.3. The largest absolute Gasteiger partial charge is 0.726 e. The summed E-state index contributed by atoms with van der Waals surface area (Å²) in [5.41, 5.74) is 0. The summed E-state index contributed by atoms with van der Waals surface area (Å²) in [6.07, 6.45) is -15.1. The number of hydrogen-bond donors (Lipinski definition) is 1. The first-order valence-corrected chi connectivity index (χ1v) is 16.6. The second kappa shape index (κ2) is 14.9. The molecule has 236 valence electrons. The first-order chi connectivity index (χ1) is 17.3. The van der Waals surface area contributed by atoms with Crippen molar-refractivity contribution < 1.29 is 95.4 Å². The molecule has 39 heavy (non-hydrogen) atoms. The van der Waals surface area contributed by atoms with Crippen molar-refractivity contribution in [3.63, 3.8) is 0 Å². The molecule has 0 aromatic carbocycles. The molecule has 1 N–H and O–H groups in total. The van der Waals surface area contributed by atoms with Crippen molar-refractivity contribution in [3.05, 3.63) is 0 Å². The highest BCUT2D eigenvalue weighted by molar-refractivity contribution is 7.81. The average molecular weight is 678 g/mol. The van der Waals surface area contributed by atoms with Crippen molar-refractivity contribution in [1.29, 1.82) is 0 Å². The van der Waals surface area contributed by atoms with Crippen molar-refractivity contribution in [2.75, 3.05) is 26.2 Å². The van der Waals surface area contributed by atoms with Crippen molar-refractivity contribution >= 4 is 52.0 Å². The Hall–Kier alpha value is -0.730. The zero-order valence-corrected chi connectivity index (χ0v) is 23.9. The first-order valence-electron chi connectivity index (χ1n) is 9.96. The topological polar surface area (TPSA) is 346 Å². The third-order valence-corrected chi connectivity index (χ3v) is 6.59.